The van der Waals surface area contributed by atoms with Gasteiger partial charge < -0.3 is 29.9 Å². The quantitative estimate of drug-likeness (QED) is 0.252. The Morgan fingerprint density at radius 3 is 1.15 bits per heavy atom. The average molecular weight is 370 g/mol. The predicted molar refractivity (Wildman–Crippen MR) is 80.2 cm³/mol. The molecule has 2 heterocycles. The Bertz CT molecular complexity index is 601. The molecule has 4 unspecified atom stereocenters. The topological polar surface area (TPSA) is 174 Å². The van der Waals surface area contributed by atoms with Crippen molar-refractivity contribution in [3.05, 3.63) is 12.2 Å². The van der Waals surface area contributed by atoms with Crippen molar-refractivity contribution in [3.63, 3.8) is 0 Å². The first-order chi connectivity index (χ1) is 12.2. The number of ether oxygens (including phenoxy) is 2. The highest BCUT2D eigenvalue weighted by Gasteiger charge is 2.72. The summed E-state index contributed by atoms with van der Waals surface area (Å²) < 4.78 is 9.99. The van der Waals surface area contributed by atoms with Crippen LogP contribution in [0, 0.1) is 22.7 Å². The fraction of sp³-hybridized carbons (Fsp3) is 0.625. The normalized spacial score (nSPS) is 30.5. The van der Waals surface area contributed by atoms with Crippen molar-refractivity contribution in [3.8, 4) is 0 Å². The van der Waals surface area contributed by atoms with E-state index in [2.05, 4.69) is 0 Å². The molecule has 0 saturated carbocycles. The summed E-state index contributed by atoms with van der Waals surface area (Å²) in [6.07, 6.45) is 0.642. The Hall–Kier alpha value is -2.46. The third kappa shape index (κ3) is 2.32. The van der Waals surface area contributed by atoms with Crippen LogP contribution in [0.3, 0.4) is 0 Å². The first-order valence-corrected chi connectivity index (χ1v) is 8.03. The van der Waals surface area contributed by atoms with Crippen LogP contribution >= 0.6 is 0 Å². The maximum Gasteiger partial charge on any atom is 0.324 e. The van der Waals surface area contributed by atoms with E-state index in [9.17, 15) is 39.6 Å². The third-order valence-electron chi connectivity index (χ3n) is 5.70. The Morgan fingerprint density at radius 2 is 0.962 bits per heavy atom. The number of hydrogen-bond donors (Lipinski definition) is 4. The van der Waals surface area contributed by atoms with Gasteiger partial charge in [-0.1, -0.05) is 12.2 Å². The van der Waals surface area contributed by atoms with Crippen molar-refractivity contribution in [2.24, 2.45) is 22.7 Å². The van der Waals surface area contributed by atoms with Gasteiger partial charge >= 0.3 is 23.9 Å². The van der Waals surface area contributed by atoms with Crippen LogP contribution in [0.5, 0.6) is 0 Å². The Labute approximate surface area is 147 Å². The van der Waals surface area contributed by atoms with Crippen LogP contribution in [-0.4, -0.2) is 69.7 Å². The standard InChI is InChI=1S/C16H18O10/c17-11(18)15(12(19)20,9-5-25-9)7-3-1-2-4-8(7)16(13(21)22,14(23)24)10-6-26-10/h1-2,7-10H,3-6H2,(H,17,18)(H,19,20)(H,21,22)(H,23,24). The highest BCUT2D eigenvalue weighted by molar-refractivity contribution is 6.02. The number of epoxide rings is 2. The maximum absolute atomic E-state index is 12.0. The molecule has 10 heteroatoms. The maximum atomic E-state index is 12.0. The highest BCUT2D eigenvalue weighted by Crippen LogP contribution is 2.55. The van der Waals surface area contributed by atoms with Gasteiger partial charge in [-0.25, -0.2) is 0 Å². The molecule has 0 aromatic rings. The average Bonchev–Trinajstić information content (AvgIpc) is 3.42. The van der Waals surface area contributed by atoms with Crippen molar-refractivity contribution in [1.82, 2.24) is 0 Å². The molecule has 10 nitrogen and oxygen atoms in total. The SMILES string of the molecule is O=C(O)C(C(=O)O)(C1CO1)C1CC=CCC1C(C(=O)O)(C(=O)O)C1CO1. The summed E-state index contributed by atoms with van der Waals surface area (Å²) >= 11 is 0. The largest absolute Gasteiger partial charge is 0.480 e. The molecule has 4 atom stereocenters. The summed E-state index contributed by atoms with van der Waals surface area (Å²) in [5.74, 6) is -9.24. The van der Waals surface area contributed by atoms with E-state index >= 15 is 0 Å². The van der Waals surface area contributed by atoms with Gasteiger partial charge in [-0.05, 0) is 24.7 Å². The van der Waals surface area contributed by atoms with Crippen molar-refractivity contribution in [1.29, 1.82) is 0 Å². The van der Waals surface area contributed by atoms with E-state index in [1.165, 1.54) is 0 Å². The molecule has 0 bridgehead atoms. The van der Waals surface area contributed by atoms with Crippen LogP contribution in [0.1, 0.15) is 12.8 Å². The number of carbonyl (C=O) groups is 4. The molecule has 3 aliphatic rings. The van der Waals surface area contributed by atoms with E-state index in [4.69, 9.17) is 9.47 Å². The van der Waals surface area contributed by atoms with Gasteiger partial charge in [-0.2, -0.15) is 0 Å². The zero-order chi connectivity index (χ0) is 19.3. The number of aliphatic carboxylic acids is 4. The molecule has 0 amide bonds. The van der Waals surface area contributed by atoms with Gasteiger partial charge in [-0.15, -0.1) is 0 Å². The molecule has 0 spiro atoms. The van der Waals surface area contributed by atoms with Crippen LogP contribution in [0.4, 0.5) is 0 Å². The van der Waals surface area contributed by atoms with Gasteiger partial charge in [0.25, 0.3) is 0 Å². The Morgan fingerprint density at radius 1 is 0.692 bits per heavy atom. The first-order valence-electron chi connectivity index (χ1n) is 8.03. The molecule has 3 rings (SSSR count). The molecule has 2 fully saturated rings. The van der Waals surface area contributed by atoms with Crippen molar-refractivity contribution in [2.75, 3.05) is 13.2 Å². The van der Waals surface area contributed by atoms with Crippen molar-refractivity contribution in [2.45, 2.75) is 25.0 Å². The second kappa shape index (κ2) is 6.06. The number of hydrogen-bond acceptors (Lipinski definition) is 6. The van der Waals surface area contributed by atoms with Crippen LogP contribution in [0.15, 0.2) is 12.2 Å². The molecule has 1 aliphatic carbocycles. The van der Waals surface area contributed by atoms with Crippen LogP contribution in [-0.2, 0) is 28.7 Å². The van der Waals surface area contributed by atoms with E-state index in [0.717, 1.165) is 0 Å². The summed E-state index contributed by atoms with van der Waals surface area (Å²) in [5.41, 5.74) is -4.86. The lowest BCUT2D eigenvalue weighted by Gasteiger charge is -2.44. The number of allylic oxidation sites excluding steroid dienone is 2. The second-order valence-electron chi connectivity index (χ2n) is 6.76. The molecule has 2 aliphatic heterocycles. The zero-order valence-electron chi connectivity index (χ0n) is 13.5. The number of rotatable bonds is 8. The molecular weight excluding hydrogens is 352 g/mol. The van der Waals surface area contributed by atoms with Gasteiger partial charge in [0.05, 0.1) is 13.2 Å². The van der Waals surface area contributed by atoms with Gasteiger partial charge in [0.15, 0.2) is 10.8 Å². The summed E-state index contributed by atoms with van der Waals surface area (Å²) in [4.78, 5) is 48.1. The molecule has 0 aromatic heterocycles. The lowest BCUT2D eigenvalue weighted by molar-refractivity contribution is -0.187. The van der Waals surface area contributed by atoms with E-state index < -0.39 is 58.8 Å². The third-order valence-corrected chi connectivity index (χ3v) is 5.70. The molecular formula is C16H18O10. The van der Waals surface area contributed by atoms with Crippen LogP contribution in [0.2, 0.25) is 0 Å². The smallest absolute Gasteiger partial charge is 0.324 e. The Kier molecular flexibility index (Phi) is 4.27. The minimum absolute atomic E-state index is 0.0852. The van der Waals surface area contributed by atoms with Gasteiger partial charge in [-0.3, -0.25) is 19.2 Å². The van der Waals surface area contributed by atoms with Gasteiger partial charge in [0.1, 0.15) is 12.2 Å². The molecule has 0 radical (unpaired) electrons. The summed E-state index contributed by atoms with van der Waals surface area (Å²) in [7, 11) is 0. The van der Waals surface area contributed by atoms with E-state index in [1.54, 1.807) is 12.2 Å². The number of carboxylic acids is 4. The lowest BCUT2D eigenvalue weighted by atomic mass is 9.55. The van der Waals surface area contributed by atoms with Crippen molar-refractivity contribution < 1.29 is 49.1 Å². The summed E-state index contributed by atoms with van der Waals surface area (Å²) in [6.45, 7) is -0.197. The molecule has 4 N–H and O–H groups in total. The summed E-state index contributed by atoms with van der Waals surface area (Å²) in [5, 5.41) is 39.0. The van der Waals surface area contributed by atoms with Gasteiger partial charge in [0.2, 0.25) is 0 Å². The minimum Gasteiger partial charge on any atom is -0.480 e. The molecule has 2 saturated heterocycles. The second-order valence-corrected chi connectivity index (χ2v) is 6.76. The monoisotopic (exact) mass is 370 g/mol. The van der Waals surface area contributed by atoms with Gasteiger partial charge in [0, 0.05) is 0 Å². The summed E-state index contributed by atoms with van der Waals surface area (Å²) in [6, 6.07) is 0. The molecule has 142 valence electrons. The van der Waals surface area contributed by atoms with E-state index in [-0.39, 0.29) is 26.1 Å². The van der Waals surface area contributed by atoms with Crippen LogP contribution < -0.4 is 0 Å². The van der Waals surface area contributed by atoms with Crippen molar-refractivity contribution >= 4 is 23.9 Å². The highest BCUT2D eigenvalue weighted by atomic mass is 16.6. The zero-order valence-corrected chi connectivity index (χ0v) is 13.5. The molecule has 0 aromatic carbocycles. The predicted octanol–water partition coefficient (Wildman–Crippen LogP) is -0.322. The fourth-order valence-electron chi connectivity index (χ4n) is 4.29. The minimum atomic E-state index is -2.43. The van der Waals surface area contributed by atoms with E-state index in [0.29, 0.717) is 0 Å². The fourth-order valence-corrected chi connectivity index (χ4v) is 4.29. The van der Waals surface area contributed by atoms with E-state index in [1.807, 2.05) is 0 Å². The molecule has 26 heavy (non-hydrogen) atoms. The number of carboxylic acid groups (broad SMARTS) is 4. The van der Waals surface area contributed by atoms with Crippen LogP contribution in [0.25, 0.3) is 0 Å². The lowest BCUT2D eigenvalue weighted by Crippen LogP contribution is -2.60. The first kappa shape index (κ1) is 18.3. The Balaban J connectivity index is 2.17.